The molecule has 0 aromatic rings. The first kappa shape index (κ1) is 16.2. The molecule has 2 aliphatic heterocycles. The van der Waals surface area contributed by atoms with Crippen molar-refractivity contribution in [1.82, 2.24) is 10.2 Å². The lowest BCUT2D eigenvalue weighted by atomic mass is 9.94. The highest BCUT2D eigenvalue weighted by molar-refractivity contribution is 4.92. The molecular formula is C15H30N2O3. The number of hydrogen-bond acceptors (Lipinski definition) is 5. The van der Waals surface area contributed by atoms with Crippen LogP contribution in [0.5, 0.6) is 0 Å². The number of morpholine rings is 1. The van der Waals surface area contributed by atoms with Gasteiger partial charge in [-0.3, -0.25) is 4.90 Å². The van der Waals surface area contributed by atoms with Crippen LogP contribution >= 0.6 is 0 Å². The molecule has 2 atom stereocenters. The molecule has 0 aromatic carbocycles. The summed E-state index contributed by atoms with van der Waals surface area (Å²) in [5.41, 5.74) is 0.000225. The lowest BCUT2D eigenvalue weighted by Gasteiger charge is -2.47. The molecule has 2 unspecified atom stereocenters. The van der Waals surface area contributed by atoms with Crippen molar-refractivity contribution in [2.45, 2.75) is 51.5 Å². The lowest BCUT2D eigenvalue weighted by molar-refractivity contribution is -0.180. The maximum absolute atomic E-state index is 6.09. The van der Waals surface area contributed by atoms with Gasteiger partial charge in [-0.1, -0.05) is 13.8 Å². The van der Waals surface area contributed by atoms with E-state index in [9.17, 15) is 0 Å². The van der Waals surface area contributed by atoms with Crippen molar-refractivity contribution in [2.75, 3.05) is 46.1 Å². The summed E-state index contributed by atoms with van der Waals surface area (Å²) in [5.74, 6) is 0. The minimum Gasteiger partial charge on any atom is -0.379 e. The van der Waals surface area contributed by atoms with E-state index in [0.717, 1.165) is 32.8 Å². The summed E-state index contributed by atoms with van der Waals surface area (Å²) in [7, 11) is 0. The van der Waals surface area contributed by atoms with Gasteiger partial charge in [0.2, 0.25) is 0 Å². The highest BCUT2D eigenvalue weighted by atomic mass is 16.6. The van der Waals surface area contributed by atoms with Gasteiger partial charge in [-0.15, -0.1) is 0 Å². The maximum atomic E-state index is 6.09. The van der Waals surface area contributed by atoms with Crippen molar-refractivity contribution in [3.63, 3.8) is 0 Å². The fraction of sp³-hybridized carbons (Fsp3) is 1.00. The van der Waals surface area contributed by atoms with Crippen molar-refractivity contribution in [3.8, 4) is 0 Å². The fourth-order valence-corrected chi connectivity index (χ4v) is 2.78. The molecule has 0 aliphatic carbocycles. The molecule has 2 fully saturated rings. The smallest absolute Gasteiger partial charge is 0.0987 e. The van der Waals surface area contributed by atoms with Crippen molar-refractivity contribution in [2.24, 2.45) is 0 Å². The van der Waals surface area contributed by atoms with Crippen LogP contribution in [0.25, 0.3) is 0 Å². The van der Waals surface area contributed by atoms with Gasteiger partial charge in [-0.05, 0) is 13.8 Å². The predicted molar refractivity (Wildman–Crippen MR) is 79.1 cm³/mol. The monoisotopic (exact) mass is 286 g/mol. The van der Waals surface area contributed by atoms with Crippen LogP contribution in [0.3, 0.4) is 0 Å². The first-order valence-electron chi connectivity index (χ1n) is 7.79. The van der Waals surface area contributed by atoms with Gasteiger partial charge in [-0.25, -0.2) is 0 Å². The Morgan fingerprint density at radius 2 is 1.85 bits per heavy atom. The van der Waals surface area contributed by atoms with Gasteiger partial charge in [-0.2, -0.15) is 0 Å². The van der Waals surface area contributed by atoms with Gasteiger partial charge in [0.25, 0.3) is 0 Å². The van der Waals surface area contributed by atoms with E-state index in [-0.39, 0.29) is 17.7 Å². The van der Waals surface area contributed by atoms with Gasteiger partial charge in [0.1, 0.15) is 0 Å². The van der Waals surface area contributed by atoms with Crippen LogP contribution in [0.15, 0.2) is 0 Å². The Morgan fingerprint density at radius 1 is 1.15 bits per heavy atom. The third kappa shape index (κ3) is 4.15. The lowest BCUT2D eigenvalue weighted by Crippen LogP contribution is -2.60. The van der Waals surface area contributed by atoms with E-state index in [1.54, 1.807) is 0 Å². The Hall–Kier alpha value is -0.200. The molecule has 0 amide bonds. The summed E-state index contributed by atoms with van der Waals surface area (Å²) in [6.45, 7) is 14.6. The highest BCUT2D eigenvalue weighted by Gasteiger charge is 2.39. The normalized spacial score (nSPS) is 29.9. The zero-order chi connectivity index (χ0) is 14.6. The van der Waals surface area contributed by atoms with E-state index < -0.39 is 0 Å². The van der Waals surface area contributed by atoms with E-state index in [1.807, 2.05) is 0 Å². The van der Waals surface area contributed by atoms with Crippen LogP contribution < -0.4 is 5.32 Å². The fourth-order valence-electron chi connectivity index (χ4n) is 2.78. The van der Waals surface area contributed by atoms with Crippen LogP contribution in [-0.2, 0) is 14.2 Å². The van der Waals surface area contributed by atoms with E-state index in [0.29, 0.717) is 19.3 Å². The molecule has 0 spiro atoms. The van der Waals surface area contributed by atoms with Crippen LogP contribution in [-0.4, -0.2) is 74.8 Å². The number of hydrogen-bond donors (Lipinski definition) is 1. The average molecular weight is 286 g/mol. The van der Waals surface area contributed by atoms with Crippen LogP contribution in [0.4, 0.5) is 0 Å². The average Bonchev–Trinajstić information content (AvgIpc) is 2.46. The second-order valence-electron chi connectivity index (χ2n) is 6.59. The predicted octanol–water partition coefficient (Wildman–Crippen LogP) is 0.879. The Morgan fingerprint density at radius 3 is 2.40 bits per heavy atom. The molecule has 2 saturated heterocycles. The zero-order valence-electron chi connectivity index (χ0n) is 13.4. The molecule has 0 bridgehead atoms. The van der Waals surface area contributed by atoms with Crippen LogP contribution in [0, 0.1) is 0 Å². The summed E-state index contributed by atoms with van der Waals surface area (Å²) in [6, 6.07) is 0.487. The third-order valence-electron chi connectivity index (χ3n) is 4.33. The van der Waals surface area contributed by atoms with Crippen molar-refractivity contribution in [3.05, 3.63) is 0 Å². The van der Waals surface area contributed by atoms with Crippen molar-refractivity contribution >= 4 is 0 Å². The first-order valence-corrected chi connectivity index (χ1v) is 7.79. The number of ether oxygens (including phenoxy) is 3. The summed E-state index contributed by atoms with van der Waals surface area (Å²) in [4.78, 5) is 2.46. The molecule has 0 aromatic heterocycles. The Kier molecular flexibility index (Phi) is 5.81. The zero-order valence-corrected chi connectivity index (χ0v) is 13.4. The van der Waals surface area contributed by atoms with E-state index >= 15 is 0 Å². The minimum absolute atomic E-state index is 0.000225. The minimum atomic E-state index is 0.000225. The number of nitrogens with zero attached hydrogens (tertiary/aromatic N) is 1. The van der Waals surface area contributed by atoms with Gasteiger partial charge >= 0.3 is 0 Å². The molecule has 5 heteroatoms. The standard InChI is InChI=1S/C15H30N2O3/c1-12(2)16-9-13-10-20-14(11-19-13)15(3,4)17-5-7-18-8-6-17/h12-14,16H,5-11H2,1-4H3. The van der Waals surface area contributed by atoms with Crippen LogP contribution in [0.2, 0.25) is 0 Å². The van der Waals surface area contributed by atoms with Crippen molar-refractivity contribution in [1.29, 1.82) is 0 Å². The highest BCUT2D eigenvalue weighted by Crippen LogP contribution is 2.25. The van der Waals surface area contributed by atoms with E-state index in [2.05, 4.69) is 37.9 Å². The summed E-state index contributed by atoms with van der Waals surface area (Å²) in [6.07, 6.45) is 0.310. The number of nitrogens with one attached hydrogen (secondary N) is 1. The molecule has 5 nitrogen and oxygen atoms in total. The van der Waals surface area contributed by atoms with E-state index in [4.69, 9.17) is 14.2 Å². The van der Waals surface area contributed by atoms with Crippen LogP contribution in [0.1, 0.15) is 27.7 Å². The summed E-state index contributed by atoms with van der Waals surface area (Å²) in [5, 5.41) is 3.40. The molecule has 2 heterocycles. The molecule has 0 radical (unpaired) electrons. The third-order valence-corrected chi connectivity index (χ3v) is 4.33. The molecule has 0 saturated carbocycles. The van der Waals surface area contributed by atoms with Gasteiger partial charge in [0.15, 0.2) is 0 Å². The molecule has 118 valence electrons. The first-order chi connectivity index (χ1) is 9.50. The maximum Gasteiger partial charge on any atom is 0.0987 e. The quantitative estimate of drug-likeness (QED) is 0.813. The topological polar surface area (TPSA) is 43.0 Å². The second kappa shape index (κ2) is 7.18. The largest absolute Gasteiger partial charge is 0.379 e. The van der Waals surface area contributed by atoms with Gasteiger partial charge in [0.05, 0.1) is 38.6 Å². The van der Waals surface area contributed by atoms with Gasteiger partial charge < -0.3 is 19.5 Å². The molecule has 1 N–H and O–H groups in total. The Bertz CT molecular complexity index is 283. The van der Waals surface area contributed by atoms with Gasteiger partial charge in [0, 0.05) is 31.2 Å². The molecule has 20 heavy (non-hydrogen) atoms. The summed E-state index contributed by atoms with van der Waals surface area (Å²) < 4.78 is 17.5. The number of rotatable bonds is 5. The molecule has 2 rings (SSSR count). The Labute approximate surface area is 122 Å². The Balaban J connectivity index is 1.79. The second-order valence-corrected chi connectivity index (χ2v) is 6.59. The van der Waals surface area contributed by atoms with Crippen molar-refractivity contribution < 1.29 is 14.2 Å². The molecular weight excluding hydrogens is 256 g/mol. The van der Waals surface area contributed by atoms with E-state index in [1.165, 1.54) is 0 Å². The SMILES string of the molecule is CC(C)NCC1COC(C(C)(C)N2CCOCC2)CO1. The molecule has 2 aliphatic rings. The summed E-state index contributed by atoms with van der Waals surface area (Å²) >= 11 is 0.